The first-order valence-electron chi connectivity index (χ1n) is 20.4. The van der Waals surface area contributed by atoms with Crippen LogP contribution in [0, 0.1) is 0 Å². The van der Waals surface area contributed by atoms with Crippen LogP contribution in [0.3, 0.4) is 0 Å². The molecule has 8 aromatic carbocycles. The van der Waals surface area contributed by atoms with Gasteiger partial charge in [-0.2, -0.15) is 0 Å². The molecule has 0 amide bonds. The van der Waals surface area contributed by atoms with Gasteiger partial charge in [-0.15, -0.1) is 0 Å². The first-order valence-corrected chi connectivity index (χ1v) is 23.9. The average Bonchev–Trinajstić information content (AvgIpc) is 3.76. The van der Waals surface area contributed by atoms with Crippen molar-refractivity contribution >= 4 is 13.3 Å². The van der Waals surface area contributed by atoms with Crippen molar-refractivity contribution in [2.45, 2.75) is 25.1 Å². The fraction of sp³-hybridized carbons (Fsp3) is 0.0727. The molecule has 280 valence electrons. The molecule has 11 rings (SSSR count). The number of hydrogen-bond acceptors (Lipinski definition) is 3. The molecule has 0 fully saturated rings. The van der Waals surface area contributed by atoms with Crippen molar-refractivity contribution in [1.82, 2.24) is 15.0 Å². The van der Waals surface area contributed by atoms with E-state index in [1.54, 1.807) is 0 Å². The van der Waals surface area contributed by atoms with E-state index in [1.807, 2.05) is 36.4 Å². The third-order valence-corrected chi connectivity index (χ3v) is 14.4. The summed E-state index contributed by atoms with van der Waals surface area (Å²) in [7, 11) is -1.41. The van der Waals surface area contributed by atoms with E-state index in [0.29, 0.717) is 17.5 Å². The van der Waals surface area contributed by atoms with Gasteiger partial charge in [0.05, 0.1) is 13.5 Å². The van der Waals surface area contributed by atoms with Crippen molar-refractivity contribution in [3.05, 3.63) is 216 Å². The first kappa shape index (κ1) is 35.2. The zero-order valence-electron chi connectivity index (χ0n) is 33.3. The van der Waals surface area contributed by atoms with Crippen LogP contribution in [0.5, 0.6) is 0 Å². The monoisotopic (exact) mass is 771 g/mol. The Labute approximate surface area is 346 Å². The SMILES string of the molecule is C[Si](C)(C)c1ccc(-c2ccc3c(c2)-c2ccc(-c4cccc(-c5nc(-c6ccccc6)nc(-c6ccccc6)n5)c4)cc2C32c3ccccc3-c3ccccc32)cc1. The lowest BCUT2D eigenvalue weighted by Gasteiger charge is -2.30. The first-order chi connectivity index (χ1) is 28.9. The Hall–Kier alpha value is -7.01. The van der Waals surface area contributed by atoms with Gasteiger partial charge in [0, 0.05) is 16.7 Å². The minimum absolute atomic E-state index is 0.449. The summed E-state index contributed by atoms with van der Waals surface area (Å²) in [4.78, 5) is 15.0. The molecule has 2 aliphatic carbocycles. The van der Waals surface area contributed by atoms with Crippen molar-refractivity contribution < 1.29 is 0 Å². The van der Waals surface area contributed by atoms with E-state index in [9.17, 15) is 0 Å². The second-order valence-corrected chi connectivity index (χ2v) is 21.9. The van der Waals surface area contributed by atoms with Crippen LogP contribution in [0.2, 0.25) is 19.6 Å². The summed E-state index contributed by atoms with van der Waals surface area (Å²) in [6, 6.07) is 70.6. The molecule has 1 aromatic heterocycles. The van der Waals surface area contributed by atoms with E-state index in [1.165, 1.54) is 60.8 Å². The van der Waals surface area contributed by atoms with Crippen molar-refractivity contribution in [3.63, 3.8) is 0 Å². The van der Waals surface area contributed by atoms with Crippen LogP contribution in [0.4, 0.5) is 0 Å². The maximum absolute atomic E-state index is 5.06. The molecule has 0 N–H and O–H groups in total. The molecule has 4 heteroatoms. The molecule has 0 atom stereocenters. The molecule has 0 radical (unpaired) electrons. The normalized spacial score (nSPS) is 13.1. The van der Waals surface area contributed by atoms with Gasteiger partial charge in [-0.25, -0.2) is 15.0 Å². The summed E-state index contributed by atoms with van der Waals surface area (Å²) in [5.74, 6) is 1.96. The minimum Gasteiger partial charge on any atom is -0.208 e. The standard InChI is InChI=1S/C55H41N3Si/c1-59(2,3)43-29-25-36(26-30-43)40-28-32-50-47(34-40)46-31-27-41(35-51(46)55(50)48-23-12-10-21-44(48)45-22-11-13-24-49(45)55)39-19-14-20-42(33-39)54-57-52(37-15-6-4-7-16-37)56-53(58-54)38-17-8-5-9-18-38/h4-35H,1-3H3. The Balaban J connectivity index is 1.08. The van der Waals surface area contributed by atoms with Crippen molar-refractivity contribution in [3.8, 4) is 78.7 Å². The van der Waals surface area contributed by atoms with Crippen molar-refractivity contribution in [2.24, 2.45) is 0 Å². The van der Waals surface area contributed by atoms with Gasteiger partial charge in [0.2, 0.25) is 0 Å². The average molecular weight is 772 g/mol. The summed E-state index contributed by atoms with van der Waals surface area (Å²) in [5, 5.41) is 1.48. The molecule has 0 bridgehead atoms. The molecule has 59 heavy (non-hydrogen) atoms. The number of nitrogens with zero attached hydrogens (tertiary/aromatic N) is 3. The fourth-order valence-electron chi connectivity index (χ4n) is 9.44. The van der Waals surface area contributed by atoms with E-state index in [0.717, 1.165) is 27.8 Å². The Kier molecular flexibility index (Phi) is 8.07. The van der Waals surface area contributed by atoms with Crippen LogP contribution in [-0.2, 0) is 5.41 Å². The van der Waals surface area contributed by atoms with Crippen molar-refractivity contribution in [2.75, 3.05) is 0 Å². The van der Waals surface area contributed by atoms with E-state index >= 15 is 0 Å². The predicted molar refractivity (Wildman–Crippen MR) is 246 cm³/mol. The number of hydrogen-bond donors (Lipinski definition) is 0. The number of fused-ring (bicyclic) bond motifs is 10. The Bertz CT molecular complexity index is 2970. The van der Waals surface area contributed by atoms with Crippen molar-refractivity contribution in [1.29, 1.82) is 0 Å². The molecule has 2 aliphatic rings. The summed E-state index contributed by atoms with van der Waals surface area (Å²) >= 11 is 0. The van der Waals surface area contributed by atoms with Gasteiger partial charge in [-0.3, -0.25) is 0 Å². The molecule has 1 heterocycles. The van der Waals surface area contributed by atoms with Gasteiger partial charge in [0.15, 0.2) is 17.5 Å². The van der Waals surface area contributed by atoms with E-state index in [-0.39, 0.29) is 0 Å². The third-order valence-electron chi connectivity index (χ3n) is 12.3. The van der Waals surface area contributed by atoms with Crippen LogP contribution in [-0.4, -0.2) is 23.0 Å². The number of rotatable bonds is 6. The van der Waals surface area contributed by atoms with E-state index in [2.05, 4.69) is 177 Å². The predicted octanol–water partition coefficient (Wildman–Crippen LogP) is 13.1. The highest BCUT2D eigenvalue weighted by atomic mass is 28.3. The minimum atomic E-state index is -1.41. The summed E-state index contributed by atoms with van der Waals surface area (Å²) < 4.78 is 0. The summed E-state index contributed by atoms with van der Waals surface area (Å²) in [6.07, 6.45) is 0. The Morgan fingerprint density at radius 3 is 1.36 bits per heavy atom. The van der Waals surface area contributed by atoms with Gasteiger partial charge in [-0.1, -0.05) is 201 Å². The molecule has 3 nitrogen and oxygen atoms in total. The van der Waals surface area contributed by atoms with Crippen LogP contribution in [0.25, 0.3) is 78.7 Å². The number of aromatic nitrogens is 3. The second-order valence-electron chi connectivity index (χ2n) is 16.8. The smallest absolute Gasteiger partial charge is 0.164 e. The zero-order valence-corrected chi connectivity index (χ0v) is 34.3. The lowest BCUT2D eigenvalue weighted by atomic mass is 9.70. The van der Waals surface area contributed by atoms with Crippen LogP contribution in [0.1, 0.15) is 22.3 Å². The summed E-state index contributed by atoms with van der Waals surface area (Å²) in [5.41, 5.74) is 17.7. The van der Waals surface area contributed by atoms with E-state index < -0.39 is 13.5 Å². The maximum atomic E-state index is 5.06. The summed E-state index contributed by atoms with van der Waals surface area (Å²) in [6.45, 7) is 7.23. The number of benzene rings is 8. The third kappa shape index (κ3) is 5.66. The highest BCUT2D eigenvalue weighted by Crippen LogP contribution is 2.63. The second kappa shape index (κ2) is 13.5. The van der Waals surface area contributed by atoms with Gasteiger partial charge in [0.25, 0.3) is 0 Å². The Morgan fingerprint density at radius 1 is 0.305 bits per heavy atom. The van der Waals surface area contributed by atoms with Crippen LogP contribution >= 0.6 is 0 Å². The lowest BCUT2D eigenvalue weighted by Crippen LogP contribution is -2.37. The fourth-order valence-corrected chi connectivity index (χ4v) is 10.6. The highest BCUT2D eigenvalue weighted by Gasteiger charge is 2.51. The molecular weight excluding hydrogens is 731 g/mol. The van der Waals surface area contributed by atoms with Gasteiger partial charge in [0.1, 0.15) is 0 Å². The van der Waals surface area contributed by atoms with Gasteiger partial charge < -0.3 is 0 Å². The lowest BCUT2D eigenvalue weighted by molar-refractivity contribution is 0.794. The quantitative estimate of drug-likeness (QED) is 0.158. The largest absolute Gasteiger partial charge is 0.208 e. The topological polar surface area (TPSA) is 38.7 Å². The molecule has 9 aromatic rings. The van der Waals surface area contributed by atoms with Gasteiger partial charge >= 0.3 is 0 Å². The highest BCUT2D eigenvalue weighted by molar-refractivity contribution is 6.88. The molecule has 0 unspecified atom stereocenters. The molecule has 0 saturated carbocycles. The zero-order chi connectivity index (χ0) is 39.7. The molecule has 0 saturated heterocycles. The van der Waals surface area contributed by atoms with Crippen LogP contribution < -0.4 is 5.19 Å². The maximum Gasteiger partial charge on any atom is 0.164 e. The molecule has 1 spiro atoms. The molecular formula is C55H41N3Si. The van der Waals surface area contributed by atoms with Gasteiger partial charge in [-0.05, 0) is 85.0 Å². The Morgan fingerprint density at radius 2 is 0.746 bits per heavy atom. The molecule has 0 aliphatic heterocycles. The van der Waals surface area contributed by atoms with E-state index in [4.69, 9.17) is 15.0 Å². The van der Waals surface area contributed by atoms with Crippen LogP contribution in [0.15, 0.2) is 194 Å².